The second-order valence-electron chi connectivity index (χ2n) is 4.00. The molecule has 0 aromatic carbocycles. The third-order valence-electron chi connectivity index (χ3n) is 2.57. The lowest BCUT2D eigenvalue weighted by Crippen LogP contribution is -2.17. The van der Waals surface area contributed by atoms with E-state index in [1.165, 1.54) is 6.42 Å². The van der Waals surface area contributed by atoms with Crippen molar-refractivity contribution in [2.24, 2.45) is 17.8 Å². The molecule has 1 aliphatic carbocycles. The highest BCUT2D eigenvalue weighted by Crippen LogP contribution is 2.31. The highest BCUT2D eigenvalue weighted by molar-refractivity contribution is 5.04. The quantitative estimate of drug-likeness (QED) is 0.615. The summed E-state index contributed by atoms with van der Waals surface area (Å²) < 4.78 is 0. The van der Waals surface area contributed by atoms with Crippen LogP contribution in [0.2, 0.25) is 0 Å². The molecule has 1 heteroatoms. The van der Waals surface area contributed by atoms with Crippen LogP contribution in [0.3, 0.4) is 0 Å². The van der Waals surface area contributed by atoms with Gasteiger partial charge in [0, 0.05) is 5.92 Å². The SMILES string of the molecule is CC(C)[C@H]1CC[C@@H](C)C=C1O. The van der Waals surface area contributed by atoms with E-state index in [1.807, 2.05) is 6.08 Å². The fourth-order valence-electron chi connectivity index (χ4n) is 1.76. The van der Waals surface area contributed by atoms with Crippen LogP contribution in [0.1, 0.15) is 33.6 Å². The number of rotatable bonds is 1. The molecule has 1 rings (SSSR count). The summed E-state index contributed by atoms with van der Waals surface area (Å²) in [6.07, 6.45) is 4.39. The highest BCUT2D eigenvalue weighted by Gasteiger charge is 2.22. The fourth-order valence-corrected chi connectivity index (χ4v) is 1.76. The van der Waals surface area contributed by atoms with Gasteiger partial charge in [-0.15, -0.1) is 0 Å². The minimum absolute atomic E-state index is 0.422. The molecule has 0 fully saturated rings. The summed E-state index contributed by atoms with van der Waals surface area (Å²) in [5.74, 6) is 2.20. The Morgan fingerprint density at radius 2 is 2.09 bits per heavy atom. The van der Waals surface area contributed by atoms with Crippen LogP contribution in [0.15, 0.2) is 11.8 Å². The van der Waals surface area contributed by atoms with Gasteiger partial charge in [0.05, 0.1) is 5.76 Å². The molecule has 0 saturated carbocycles. The summed E-state index contributed by atoms with van der Waals surface area (Å²) in [6.45, 7) is 6.50. The number of hydrogen-bond acceptors (Lipinski definition) is 1. The van der Waals surface area contributed by atoms with Crippen LogP contribution in [0.5, 0.6) is 0 Å². The van der Waals surface area contributed by atoms with Crippen molar-refractivity contribution < 1.29 is 5.11 Å². The smallest absolute Gasteiger partial charge is 0.0918 e. The van der Waals surface area contributed by atoms with E-state index in [2.05, 4.69) is 20.8 Å². The van der Waals surface area contributed by atoms with Gasteiger partial charge in [0.1, 0.15) is 0 Å². The first kappa shape index (κ1) is 8.63. The molecule has 0 spiro atoms. The van der Waals surface area contributed by atoms with Gasteiger partial charge in [-0.1, -0.05) is 20.8 Å². The maximum absolute atomic E-state index is 9.57. The average Bonchev–Trinajstić information content (AvgIpc) is 1.85. The van der Waals surface area contributed by atoms with Gasteiger partial charge in [0.15, 0.2) is 0 Å². The minimum atomic E-state index is 0.422. The van der Waals surface area contributed by atoms with Crippen LogP contribution < -0.4 is 0 Å². The minimum Gasteiger partial charge on any atom is -0.512 e. The van der Waals surface area contributed by atoms with Crippen molar-refractivity contribution in [3.05, 3.63) is 11.8 Å². The summed E-state index contributed by atoms with van der Waals surface area (Å²) >= 11 is 0. The monoisotopic (exact) mass is 154 g/mol. The molecule has 0 saturated heterocycles. The third-order valence-corrected chi connectivity index (χ3v) is 2.57. The van der Waals surface area contributed by atoms with Gasteiger partial charge in [-0.3, -0.25) is 0 Å². The first-order valence-electron chi connectivity index (χ1n) is 4.52. The lowest BCUT2D eigenvalue weighted by molar-refractivity contribution is 0.239. The van der Waals surface area contributed by atoms with E-state index >= 15 is 0 Å². The number of aliphatic hydroxyl groups is 1. The summed E-state index contributed by atoms with van der Waals surface area (Å²) in [4.78, 5) is 0. The molecule has 0 aromatic heterocycles. The molecule has 0 radical (unpaired) electrons. The van der Waals surface area contributed by atoms with Gasteiger partial charge in [-0.05, 0) is 30.8 Å². The molecular formula is C10H18O. The van der Waals surface area contributed by atoms with Gasteiger partial charge in [-0.2, -0.15) is 0 Å². The molecule has 0 bridgehead atoms. The molecule has 64 valence electrons. The van der Waals surface area contributed by atoms with Gasteiger partial charge < -0.3 is 5.11 Å². The van der Waals surface area contributed by atoms with Crippen molar-refractivity contribution in [3.8, 4) is 0 Å². The van der Waals surface area contributed by atoms with E-state index in [0.29, 0.717) is 23.5 Å². The van der Waals surface area contributed by atoms with E-state index in [4.69, 9.17) is 0 Å². The molecule has 0 aliphatic heterocycles. The Bertz CT molecular complexity index is 158. The Morgan fingerprint density at radius 3 is 2.55 bits per heavy atom. The van der Waals surface area contributed by atoms with Crippen LogP contribution in [0, 0.1) is 17.8 Å². The number of hydrogen-bond donors (Lipinski definition) is 1. The summed E-state index contributed by atoms with van der Waals surface area (Å²) in [6, 6.07) is 0. The van der Waals surface area contributed by atoms with Gasteiger partial charge in [0.2, 0.25) is 0 Å². The van der Waals surface area contributed by atoms with E-state index in [-0.39, 0.29) is 0 Å². The van der Waals surface area contributed by atoms with Gasteiger partial charge in [-0.25, -0.2) is 0 Å². The lowest BCUT2D eigenvalue weighted by Gasteiger charge is -2.26. The van der Waals surface area contributed by atoms with E-state index < -0.39 is 0 Å². The zero-order chi connectivity index (χ0) is 8.43. The van der Waals surface area contributed by atoms with Gasteiger partial charge in [0.25, 0.3) is 0 Å². The Labute approximate surface area is 69.1 Å². The normalized spacial score (nSPS) is 32.2. The molecule has 0 heterocycles. The van der Waals surface area contributed by atoms with Crippen molar-refractivity contribution in [2.75, 3.05) is 0 Å². The molecule has 0 amide bonds. The lowest BCUT2D eigenvalue weighted by atomic mass is 9.81. The molecule has 1 aliphatic rings. The topological polar surface area (TPSA) is 20.2 Å². The Balaban J connectivity index is 2.64. The predicted octanol–water partition coefficient (Wildman–Crippen LogP) is 3.13. The molecule has 0 aromatic rings. The van der Waals surface area contributed by atoms with Crippen LogP contribution in [0.25, 0.3) is 0 Å². The maximum atomic E-state index is 9.57. The standard InChI is InChI=1S/C10H18O/c1-7(2)9-5-4-8(3)6-10(9)11/h6-9,11H,4-5H2,1-3H3/t8-,9-/m1/s1. The first-order valence-corrected chi connectivity index (χ1v) is 4.52. The average molecular weight is 154 g/mol. The van der Waals surface area contributed by atoms with Crippen molar-refractivity contribution in [2.45, 2.75) is 33.6 Å². The molecule has 2 atom stereocenters. The van der Waals surface area contributed by atoms with Crippen molar-refractivity contribution in [1.82, 2.24) is 0 Å². The van der Waals surface area contributed by atoms with Crippen LogP contribution >= 0.6 is 0 Å². The number of aliphatic hydroxyl groups excluding tert-OH is 1. The van der Waals surface area contributed by atoms with Crippen molar-refractivity contribution in [3.63, 3.8) is 0 Å². The van der Waals surface area contributed by atoms with Crippen LogP contribution in [-0.2, 0) is 0 Å². The molecule has 0 unspecified atom stereocenters. The fraction of sp³-hybridized carbons (Fsp3) is 0.800. The van der Waals surface area contributed by atoms with Crippen molar-refractivity contribution >= 4 is 0 Å². The number of allylic oxidation sites excluding steroid dienone is 2. The Hall–Kier alpha value is -0.460. The van der Waals surface area contributed by atoms with E-state index in [1.54, 1.807) is 0 Å². The second kappa shape index (κ2) is 3.29. The van der Waals surface area contributed by atoms with Crippen molar-refractivity contribution in [1.29, 1.82) is 0 Å². The van der Waals surface area contributed by atoms with E-state index in [0.717, 1.165) is 6.42 Å². The molecule has 11 heavy (non-hydrogen) atoms. The summed E-state index contributed by atoms with van der Waals surface area (Å²) in [5.41, 5.74) is 0. The largest absolute Gasteiger partial charge is 0.512 e. The first-order chi connectivity index (χ1) is 5.11. The zero-order valence-corrected chi connectivity index (χ0v) is 7.67. The predicted molar refractivity (Wildman–Crippen MR) is 47.4 cm³/mol. The Morgan fingerprint density at radius 1 is 1.45 bits per heavy atom. The highest BCUT2D eigenvalue weighted by atomic mass is 16.3. The molecule has 1 N–H and O–H groups in total. The Kier molecular flexibility index (Phi) is 2.58. The molecular weight excluding hydrogens is 136 g/mol. The van der Waals surface area contributed by atoms with Crippen LogP contribution in [-0.4, -0.2) is 5.11 Å². The van der Waals surface area contributed by atoms with Crippen LogP contribution in [0.4, 0.5) is 0 Å². The summed E-state index contributed by atoms with van der Waals surface area (Å²) in [7, 11) is 0. The summed E-state index contributed by atoms with van der Waals surface area (Å²) in [5, 5.41) is 9.57. The second-order valence-corrected chi connectivity index (χ2v) is 4.00. The zero-order valence-electron chi connectivity index (χ0n) is 7.67. The molecule has 1 nitrogen and oxygen atoms in total. The van der Waals surface area contributed by atoms with Gasteiger partial charge >= 0.3 is 0 Å². The van der Waals surface area contributed by atoms with E-state index in [9.17, 15) is 5.11 Å². The third kappa shape index (κ3) is 1.98. The maximum Gasteiger partial charge on any atom is 0.0918 e.